The molecule has 0 radical (unpaired) electrons. The maximum Gasteiger partial charge on any atom is 0.222 e. The predicted molar refractivity (Wildman–Crippen MR) is 73.9 cm³/mol. The largest absolute Gasteiger partial charge is 0.493 e. The van der Waals surface area contributed by atoms with Gasteiger partial charge in [-0.3, -0.25) is 0 Å². The fourth-order valence-corrected chi connectivity index (χ4v) is 1.69. The fourth-order valence-electron chi connectivity index (χ4n) is 1.69. The van der Waals surface area contributed by atoms with Crippen LogP contribution in [0.1, 0.15) is 31.3 Å². The molecule has 0 saturated heterocycles. The van der Waals surface area contributed by atoms with Crippen molar-refractivity contribution in [1.29, 1.82) is 0 Å². The third-order valence-electron chi connectivity index (χ3n) is 2.65. The molecular formula is C15H18N2O2. The summed E-state index contributed by atoms with van der Waals surface area (Å²) in [7, 11) is 1.62. The highest BCUT2D eigenvalue weighted by molar-refractivity contribution is 5.41. The van der Waals surface area contributed by atoms with Crippen molar-refractivity contribution in [2.45, 2.75) is 26.7 Å². The summed E-state index contributed by atoms with van der Waals surface area (Å²) in [6.07, 6.45) is 0. The molecule has 0 spiro atoms. The lowest BCUT2D eigenvalue weighted by Crippen LogP contribution is -2.01. The number of ether oxygens (including phenoxy) is 2. The van der Waals surface area contributed by atoms with E-state index in [1.54, 1.807) is 7.11 Å². The molecule has 0 saturated carbocycles. The highest BCUT2D eigenvalue weighted by atomic mass is 16.5. The Bertz CT molecular complexity index is 568. The van der Waals surface area contributed by atoms with Crippen LogP contribution in [-0.4, -0.2) is 17.1 Å². The SMILES string of the molecule is COc1ccccc1Oc1cc(C)nc(C(C)C)n1. The van der Waals surface area contributed by atoms with Gasteiger partial charge in [-0.1, -0.05) is 26.0 Å². The highest BCUT2D eigenvalue weighted by Gasteiger charge is 2.09. The number of hydrogen-bond donors (Lipinski definition) is 0. The van der Waals surface area contributed by atoms with Crippen molar-refractivity contribution in [1.82, 2.24) is 9.97 Å². The minimum absolute atomic E-state index is 0.264. The number of nitrogens with zero attached hydrogens (tertiary/aromatic N) is 2. The second kappa shape index (κ2) is 5.69. The van der Waals surface area contributed by atoms with E-state index in [9.17, 15) is 0 Å². The van der Waals surface area contributed by atoms with Crippen LogP contribution in [0.4, 0.5) is 0 Å². The van der Waals surface area contributed by atoms with Gasteiger partial charge in [-0.05, 0) is 19.1 Å². The molecule has 0 aliphatic rings. The number of benzene rings is 1. The molecule has 2 rings (SSSR count). The van der Waals surface area contributed by atoms with Gasteiger partial charge in [-0.15, -0.1) is 0 Å². The molecule has 1 aromatic heterocycles. The molecule has 0 aliphatic heterocycles. The highest BCUT2D eigenvalue weighted by Crippen LogP contribution is 2.30. The Labute approximate surface area is 113 Å². The molecule has 0 fully saturated rings. The minimum atomic E-state index is 0.264. The van der Waals surface area contributed by atoms with Gasteiger partial charge in [0.2, 0.25) is 5.88 Å². The van der Waals surface area contributed by atoms with Crippen molar-refractivity contribution < 1.29 is 9.47 Å². The van der Waals surface area contributed by atoms with Crippen molar-refractivity contribution >= 4 is 0 Å². The first-order valence-corrected chi connectivity index (χ1v) is 6.26. The topological polar surface area (TPSA) is 44.2 Å². The molecule has 0 amide bonds. The van der Waals surface area contributed by atoms with Gasteiger partial charge in [-0.2, -0.15) is 4.98 Å². The van der Waals surface area contributed by atoms with Gasteiger partial charge in [0, 0.05) is 17.7 Å². The van der Waals surface area contributed by atoms with Crippen molar-refractivity contribution in [2.24, 2.45) is 0 Å². The average Bonchev–Trinajstić information content (AvgIpc) is 2.38. The van der Waals surface area contributed by atoms with Crippen LogP contribution in [0.3, 0.4) is 0 Å². The van der Waals surface area contributed by atoms with Gasteiger partial charge in [-0.25, -0.2) is 4.98 Å². The number of aromatic nitrogens is 2. The molecule has 0 unspecified atom stereocenters. The molecule has 2 aromatic rings. The van der Waals surface area contributed by atoms with E-state index in [1.165, 1.54) is 0 Å². The summed E-state index contributed by atoms with van der Waals surface area (Å²) in [4.78, 5) is 8.81. The van der Waals surface area contributed by atoms with E-state index in [-0.39, 0.29) is 5.92 Å². The van der Waals surface area contributed by atoms with E-state index < -0.39 is 0 Å². The zero-order valence-electron chi connectivity index (χ0n) is 11.7. The van der Waals surface area contributed by atoms with Gasteiger partial charge in [0.25, 0.3) is 0 Å². The number of aryl methyl sites for hydroxylation is 1. The third-order valence-corrected chi connectivity index (χ3v) is 2.65. The molecular weight excluding hydrogens is 240 g/mol. The van der Waals surface area contributed by atoms with Gasteiger partial charge in [0.05, 0.1) is 7.11 Å². The van der Waals surface area contributed by atoms with E-state index in [0.717, 1.165) is 11.5 Å². The van der Waals surface area contributed by atoms with Crippen LogP contribution in [0, 0.1) is 6.92 Å². The van der Waals surface area contributed by atoms with Gasteiger partial charge >= 0.3 is 0 Å². The van der Waals surface area contributed by atoms with Crippen molar-refractivity contribution in [3.8, 4) is 17.4 Å². The van der Waals surface area contributed by atoms with Crippen molar-refractivity contribution in [3.05, 3.63) is 41.9 Å². The van der Waals surface area contributed by atoms with Crippen molar-refractivity contribution in [2.75, 3.05) is 7.11 Å². The van der Waals surface area contributed by atoms with Crippen LogP contribution in [0.2, 0.25) is 0 Å². The summed E-state index contributed by atoms with van der Waals surface area (Å²) in [5.74, 6) is 2.92. The normalized spacial score (nSPS) is 10.6. The Hall–Kier alpha value is -2.10. The van der Waals surface area contributed by atoms with Crippen LogP contribution >= 0.6 is 0 Å². The van der Waals surface area contributed by atoms with Crippen LogP contribution in [0.5, 0.6) is 17.4 Å². The summed E-state index contributed by atoms with van der Waals surface area (Å²) in [6, 6.07) is 9.32. The molecule has 19 heavy (non-hydrogen) atoms. The lowest BCUT2D eigenvalue weighted by atomic mass is 10.2. The first-order chi connectivity index (χ1) is 9.10. The van der Waals surface area contributed by atoms with E-state index in [2.05, 4.69) is 23.8 Å². The van der Waals surface area contributed by atoms with E-state index in [1.807, 2.05) is 37.3 Å². The lowest BCUT2D eigenvalue weighted by Gasteiger charge is -2.11. The Balaban J connectivity index is 2.32. The molecule has 4 heteroatoms. The summed E-state index contributed by atoms with van der Waals surface area (Å²) in [5, 5.41) is 0. The molecule has 4 nitrogen and oxygen atoms in total. The summed E-state index contributed by atoms with van der Waals surface area (Å²) in [5.41, 5.74) is 0.892. The zero-order chi connectivity index (χ0) is 13.8. The van der Waals surface area contributed by atoms with E-state index >= 15 is 0 Å². The quantitative estimate of drug-likeness (QED) is 0.838. The van der Waals surface area contributed by atoms with Gasteiger partial charge in [0.1, 0.15) is 5.82 Å². The fraction of sp³-hybridized carbons (Fsp3) is 0.333. The number of rotatable bonds is 4. The Morgan fingerprint density at radius 1 is 1.05 bits per heavy atom. The molecule has 0 aliphatic carbocycles. The lowest BCUT2D eigenvalue weighted by molar-refractivity contribution is 0.373. The molecule has 100 valence electrons. The second-order valence-electron chi connectivity index (χ2n) is 4.61. The minimum Gasteiger partial charge on any atom is -0.493 e. The van der Waals surface area contributed by atoms with E-state index in [0.29, 0.717) is 17.4 Å². The maximum absolute atomic E-state index is 5.80. The first-order valence-electron chi connectivity index (χ1n) is 6.26. The molecule has 0 N–H and O–H groups in total. The van der Waals surface area contributed by atoms with Crippen LogP contribution in [0.25, 0.3) is 0 Å². The smallest absolute Gasteiger partial charge is 0.222 e. The summed E-state index contributed by atoms with van der Waals surface area (Å²) in [6.45, 7) is 6.05. The first kappa shape index (κ1) is 13.3. The van der Waals surface area contributed by atoms with Crippen LogP contribution < -0.4 is 9.47 Å². The zero-order valence-corrected chi connectivity index (χ0v) is 11.7. The summed E-state index contributed by atoms with van der Waals surface area (Å²) < 4.78 is 11.1. The monoisotopic (exact) mass is 258 g/mol. The van der Waals surface area contributed by atoms with Crippen molar-refractivity contribution in [3.63, 3.8) is 0 Å². The van der Waals surface area contributed by atoms with Gasteiger partial charge < -0.3 is 9.47 Å². The molecule has 0 bridgehead atoms. The predicted octanol–water partition coefficient (Wildman–Crippen LogP) is 3.71. The molecule has 0 atom stereocenters. The summed E-state index contributed by atoms with van der Waals surface area (Å²) >= 11 is 0. The van der Waals surface area contributed by atoms with Crippen LogP contribution in [0.15, 0.2) is 30.3 Å². The second-order valence-corrected chi connectivity index (χ2v) is 4.61. The number of methoxy groups -OCH3 is 1. The van der Waals surface area contributed by atoms with Gasteiger partial charge in [0.15, 0.2) is 11.5 Å². The van der Waals surface area contributed by atoms with Crippen LogP contribution in [-0.2, 0) is 0 Å². The van der Waals surface area contributed by atoms with E-state index in [4.69, 9.17) is 9.47 Å². The third kappa shape index (κ3) is 3.22. The Morgan fingerprint density at radius 2 is 1.74 bits per heavy atom. The maximum atomic E-state index is 5.80. The standard InChI is InChI=1S/C15H18N2O2/c1-10(2)15-16-11(3)9-14(17-15)19-13-8-6-5-7-12(13)18-4/h5-10H,1-4H3. The number of hydrogen-bond acceptors (Lipinski definition) is 4. The Morgan fingerprint density at radius 3 is 2.37 bits per heavy atom. The number of para-hydroxylation sites is 2. The molecule has 1 aromatic carbocycles. The average molecular weight is 258 g/mol. The molecule has 1 heterocycles. The Kier molecular flexibility index (Phi) is 4.00.